The minimum atomic E-state index is 0.170. The van der Waals surface area contributed by atoms with E-state index >= 15 is 0 Å². The number of nitrogens with one attached hydrogen (secondary N) is 1. The fraction of sp³-hybridized carbons (Fsp3) is 0.571. The van der Waals surface area contributed by atoms with Crippen molar-refractivity contribution in [3.63, 3.8) is 0 Å². The Bertz CT molecular complexity index is 409. The predicted molar refractivity (Wildman–Crippen MR) is 68.5 cm³/mol. The largest absolute Gasteiger partial charge is 0.496 e. The van der Waals surface area contributed by atoms with Gasteiger partial charge in [0.15, 0.2) is 0 Å². The summed E-state index contributed by atoms with van der Waals surface area (Å²) in [5, 5.41) is 3.63. The molecule has 1 aliphatic heterocycles. The molecule has 1 unspecified atom stereocenters. The smallest absolute Gasteiger partial charge is 0.124 e. The molecule has 1 atom stereocenters. The van der Waals surface area contributed by atoms with Crippen LogP contribution in [0.25, 0.3) is 0 Å². The van der Waals surface area contributed by atoms with Gasteiger partial charge in [-0.25, -0.2) is 0 Å². The number of methoxy groups -OCH3 is 1. The van der Waals surface area contributed by atoms with E-state index in [1.807, 2.05) is 0 Å². The van der Waals surface area contributed by atoms with Crippen LogP contribution in [-0.4, -0.2) is 12.6 Å². The molecule has 0 amide bonds. The summed E-state index contributed by atoms with van der Waals surface area (Å²) in [6.45, 7) is 8.94. The van der Waals surface area contributed by atoms with Gasteiger partial charge in [0.2, 0.25) is 0 Å². The second-order valence-corrected chi connectivity index (χ2v) is 5.49. The second kappa shape index (κ2) is 3.69. The van der Waals surface area contributed by atoms with Crippen LogP contribution in [-0.2, 0) is 0 Å². The molecule has 1 aromatic rings. The molecule has 0 aromatic heterocycles. The van der Waals surface area contributed by atoms with Crippen molar-refractivity contribution < 1.29 is 4.74 Å². The molecule has 0 saturated carbocycles. The van der Waals surface area contributed by atoms with Crippen molar-refractivity contribution >= 4 is 5.69 Å². The Balaban J connectivity index is 2.58. The second-order valence-electron chi connectivity index (χ2n) is 5.49. The van der Waals surface area contributed by atoms with Crippen molar-refractivity contribution in [3.05, 3.63) is 23.3 Å². The first-order valence-electron chi connectivity index (χ1n) is 5.90. The van der Waals surface area contributed by atoms with Gasteiger partial charge in [-0.05, 0) is 44.7 Å². The molecule has 0 bridgehead atoms. The molecule has 1 aromatic carbocycles. The van der Waals surface area contributed by atoms with Gasteiger partial charge < -0.3 is 10.1 Å². The Labute approximate surface area is 98.0 Å². The lowest BCUT2D eigenvalue weighted by atomic mass is 9.80. The highest BCUT2D eigenvalue weighted by Crippen LogP contribution is 2.44. The van der Waals surface area contributed by atoms with Crippen molar-refractivity contribution in [2.75, 3.05) is 12.4 Å². The molecule has 1 heterocycles. The number of hydrogen-bond acceptors (Lipinski definition) is 2. The first-order chi connectivity index (χ1) is 7.44. The van der Waals surface area contributed by atoms with Crippen LogP contribution in [0.4, 0.5) is 5.69 Å². The van der Waals surface area contributed by atoms with Gasteiger partial charge >= 0.3 is 0 Å². The van der Waals surface area contributed by atoms with Gasteiger partial charge in [-0.2, -0.15) is 0 Å². The van der Waals surface area contributed by atoms with Gasteiger partial charge in [-0.3, -0.25) is 0 Å². The van der Waals surface area contributed by atoms with Crippen LogP contribution in [0, 0.1) is 6.92 Å². The highest BCUT2D eigenvalue weighted by atomic mass is 16.5. The van der Waals surface area contributed by atoms with E-state index in [2.05, 4.69) is 45.1 Å². The Morgan fingerprint density at radius 3 is 2.69 bits per heavy atom. The molecule has 2 heteroatoms. The van der Waals surface area contributed by atoms with E-state index in [-0.39, 0.29) is 5.54 Å². The van der Waals surface area contributed by atoms with Crippen LogP contribution in [0.5, 0.6) is 5.75 Å². The van der Waals surface area contributed by atoms with E-state index in [0.717, 1.165) is 12.2 Å². The zero-order valence-electron chi connectivity index (χ0n) is 10.8. The molecule has 16 heavy (non-hydrogen) atoms. The molecule has 2 rings (SSSR count). The SMILES string of the molecule is COc1ccc(C)c2c1C(C)CC(C)(C)N2. The minimum absolute atomic E-state index is 0.170. The van der Waals surface area contributed by atoms with Crippen LogP contribution in [0.3, 0.4) is 0 Å². The molecular weight excluding hydrogens is 198 g/mol. The third-order valence-electron chi connectivity index (χ3n) is 3.41. The number of aryl methyl sites for hydroxylation is 1. The molecule has 88 valence electrons. The fourth-order valence-corrected chi connectivity index (χ4v) is 2.80. The molecule has 0 aliphatic carbocycles. The normalized spacial score (nSPS) is 22.2. The highest BCUT2D eigenvalue weighted by Gasteiger charge is 2.32. The van der Waals surface area contributed by atoms with Gasteiger partial charge in [-0.1, -0.05) is 13.0 Å². The third kappa shape index (κ3) is 1.77. The quantitative estimate of drug-likeness (QED) is 0.777. The number of ether oxygens (including phenoxy) is 1. The lowest BCUT2D eigenvalue weighted by Gasteiger charge is -2.39. The molecular formula is C14H21NO. The van der Waals surface area contributed by atoms with Crippen molar-refractivity contribution in [2.24, 2.45) is 0 Å². The minimum Gasteiger partial charge on any atom is -0.496 e. The summed E-state index contributed by atoms with van der Waals surface area (Å²) in [5.41, 5.74) is 4.07. The summed E-state index contributed by atoms with van der Waals surface area (Å²) in [7, 11) is 1.75. The zero-order valence-corrected chi connectivity index (χ0v) is 10.8. The Morgan fingerprint density at radius 2 is 2.06 bits per heavy atom. The van der Waals surface area contributed by atoms with Crippen molar-refractivity contribution in [1.29, 1.82) is 0 Å². The van der Waals surface area contributed by atoms with Gasteiger partial charge in [0, 0.05) is 16.8 Å². The molecule has 0 saturated heterocycles. The van der Waals surface area contributed by atoms with Gasteiger partial charge in [0.25, 0.3) is 0 Å². The molecule has 1 aliphatic rings. The summed E-state index contributed by atoms with van der Waals surface area (Å²) in [6.07, 6.45) is 1.14. The Hall–Kier alpha value is -1.18. The molecule has 2 nitrogen and oxygen atoms in total. The summed E-state index contributed by atoms with van der Waals surface area (Å²) in [6, 6.07) is 4.20. The van der Waals surface area contributed by atoms with Crippen molar-refractivity contribution in [3.8, 4) is 5.75 Å². The van der Waals surface area contributed by atoms with Crippen molar-refractivity contribution in [2.45, 2.75) is 45.6 Å². The molecule has 0 fully saturated rings. The number of anilines is 1. The summed E-state index contributed by atoms with van der Waals surface area (Å²) < 4.78 is 5.47. The van der Waals surface area contributed by atoms with Crippen LogP contribution < -0.4 is 10.1 Å². The Morgan fingerprint density at radius 1 is 1.38 bits per heavy atom. The number of fused-ring (bicyclic) bond motifs is 1. The van der Waals surface area contributed by atoms with Crippen LogP contribution >= 0.6 is 0 Å². The monoisotopic (exact) mass is 219 g/mol. The average molecular weight is 219 g/mol. The standard InChI is InChI=1S/C14H21NO/c1-9-6-7-11(16-5)12-10(2)8-14(3,4)15-13(9)12/h6-7,10,15H,8H2,1-5H3. The van der Waals surface area contributed by atoms with Crippen molar-refractivity contribution in [1.82, 2.24) is 0 Å². The van der Waals surface area contributed by atoms with E-state index in [0.29, 0.717) is 5.92 Å². The van der Waals surface area contributed by atoms with E-state index in [1.165, 1.54) is 16.8 Å². The molecule has 0 spiro atoms. The highest BCUT2D eigenvalue weighted by molar-refractivity contribution is 5.66. The van der Waals surface area contributed by atoms with E-state index in [1.54, 1.807) is 7.11 Å². The molecule has 0 radical (unpaired) electrons. The first-order valence-corrected chi connectivity index (χ1v) is 5.90. The topological polar surface area (TPSA) is 21.3 Å². The van der Waals surface area contributed by atoms with Crippen LogP contribution in [0.2, 0.25) is 0 Å². The maximum Gasteiger partial charge on any atom is 0.124 e. The summed E-state index contributed by atoms with van der Waals surface area (Å²) in [4.78, 5) is 0. The number of benzene rings is 1. The molecule has 1 N–H and O–H groups in total. The average Bonchev–Trinajstić information content (AvgIpc) is 2.18. The van der Waals surface area contributed by atoms with Gasteiger partial charge in [0.05, 0.1) is 7.11 Å². The lowest BCUT2D eigenvalue weighted by Crippen LogP contribution is -2.37. The summed E-state index contributed by atoms with van der Waals surface area (Å²) >= 11 is 0. The van der Waals surface area contributed by atoms with Crippen LogP contribution in [0.1, 0.15) is 44.2 Å². The Kier molecular flexibility index (Phi) is 2.61. The number of hydrogen-bond donors (Lipinski definition) is 1. The van der Waals surface area contributed by atoms with Gasteiger partial charge in [0.1, 0.15) is 5.75 Å². The van der Waals surface area contributed by atoms with Gasteiger partial charge in [-0.15, -0.1) is 0 Å². The van der Waals surface area contributed by atoms with Crippen LogP contribution in [0.15, 0.2) is 12.1 Å². The van der Waals surface area contributed by atoms with E-state index in [4.69, 9.17) is 4.74 Å². The predicted octanol–water partition coefficient (Wildman–Crippen LogP) is 3.70. The fourth-order valence-electron chi connectivity index (χ4n) is 2.80. The summed E-state index contributed by atoms with van der Waals surface area (Å²) in [5.74, 6) is 1.55. The lowest BCUT2D eigenvalue weighted by molar-refractivity contribution is 0.391. The zero-order chi connectivity index (χ0) is 11.9. The number of rotatable bonds is 1. The maximum atomic E-state index is 5.47. The third-order valence-corrected chi connectivity index (χ3v) is 3.41. The maximum absolute atomic E-state index is 5.47. The first kappa shape index (κ1) is 11.3. The van der Waals surface area contributed by atoms with E-state index in [9.17, 15) is 0 Å². The van der Waals surface area contributed by atoms with E-state index < -0.39 is 0 Å².